The quantitative estimate of drug-likeness (QED) is 0.394. The Balaban J connectivity index is 1.67. The lowest BCUT2D eigenvalue weighted by molar-refractivity contribution is -0.137. The molecule has 0 unspecified atom stereocenters. The molecular weight excluding hydrogens is 467 g/mol. The van der Waals surface area contributed by atoms with Gasteiger partial charge in [0.25, 0.3) is 15.9 Å². The zero-order valence-corrected chi connectivity index (χ0v) is 17.2. The molecule has 0 bridgehead atoms. The molecule has 1 aliphatic rings. The van der Waals surface area contributed by atoms with Crippen LogP contribution in [0.1, 0.15) is 16.7 Å². The fraction of sp³-hybridized carbons (Fsp3) is 0.0455. The number of carbonyl (C=O) groups is 1. The van der Waals surface area contributed by atoms with Crippen LogP contribution in [0.2, 0.25) is 0 Å². The van der Waals surface area contributed by atoms with E-state index in [-0.39, 0.29) is 33.0 Å². The molecule has 0 aromatic heterocycles. The van der Waals surface area contributed by atoms with Gasteiger partial charge in [-0.2, -0.15) is 13.2 Å². The van der Waals surface area contributed by atoms with Gasteiger partial charge in [-0.25, -0.2) is 17.2 Å². The Bertz CT molecular complexity index is 1380. The van der Waals surface area contributed by atoms with Crippen LogP contribution in [0.15, 0.2) is 65.6 Å². The van der Waals surface area contributed by atoms with Crippen molar-refractivity contribution in [2.45, 2.75) is 11.1 Å². The number of hydrogen-bond donors (Lipinski definition) is 2. The zero-order valence-electron chi connectivity index (χ0n) is 16.4. The van der Waals surface area contributed by atoms with Crippen molar-refractivity contribution >= 4 is 39.0 Å². The predicted octanol–water partition coefficient (Wildman–Crippen LogP) is 5.28. The van der Waals surface area contributed by atoms with Crippen molar-refractivity contribution in [3.8, 4) is 0 Å². The second kappa shape index (κ2) is 8.00. The molecule has 5 nitrogen and oxygen atoms in total. The fourth-order valence-electron chi connectivity index (χ4n) is 3.24. The number of anilines is 2. The van der Waals surface area contributed by atoms with E-state index in [0.717, 1.165) is 36.4 Å². The number of sulfonamides is 1. The van der Waals surface area contributed by atoms with E-state index in [1.54, 1.807) is 0 Å². The summed E-state index contributed by atoms with van der Waals surface area (Å²) in [7, 11) is -4.23. The summed E-state index contributed by atoms with van der Waals surface area (Å²) in [5, 5.41) is 2.53. The third-order valence-electron chi connectivity index (χ3n) is 4.74. The summed E-state index contributed by atoms with van der Waals surface area (Å²) in [5.41, 5.74) is -0.514. The first-order valence-electron chi connectivity index (χ1n) is 9.26. The maximum absolute atomic E-state index is 13.5. The number of amides is 1. The average molecular weight is 480 g/mol. The number of benzene rings is 3. The highest BCUT2D eigenvalue weighted by molar-refractivity contribution is 7.92. The van der Waals surface area contributed by atoms with Crippen LogP contribution in [-0.2, 0) is 21.0 Å². The van der Waals surface area contributed by atoms with Gasteiger partial charge in [0.2, 0.25) is 0 Å². The van der Waals surface area contributed by atoms with Crippen LogP contribution in [0.3, 0.4) is 0 Å². The SMILES string of the molecule is O=C1Nc2ccc(S(=O)(=O)Nc3ccc(C(F)(F)F)cc3)cc2C1=Cc1cc(F)cc(F)c1. The van der Waals surface area contributed by atoms with E-state index in [0.29, 0.717) is 6.07 Å². The highest BCUT2D eigenvalue weighted by Crippen LogP contribution is 2.35. The van der Waals surface area contributed by atoms with E-state index in [1.165, 1.54) is 24.3 Å². The number of halogens is 5. The maximum Gasteiger partial charge on any atom is 0.416 e. The van der Waals surface area contributed by atoms with E-state index in [9.17, 15) is 35.2 Å². The minimum atomic E-state index is -4.57. The molecule has 170 valence electrons. The number of carbonyl (C=O) groups excluding carboxylic acids is 1. The molecule has 33 heavy (non-hydrogen) atoms. The molecule has 0 spiro atoms. The van der Waals surface area contributed by atoms with Crippen LogP contribution >= 0.6 is 0 Å². The second-order valence-corrected chi connectivity index (χ2v) is 8.79. The van der Waals surface area contributed by atoms with Gasteiger partial charge >= 0.3 is 6.18 Å². The van der Waals surface area contributed by atoms with E-state index in [2.05, 4.69) is 10.0 Å². The summed E-state index contributed by atoms with van der Waals surface area (Å²) in [5.74, 6) is -2.30. The van der Waals surface area contributed by atoms with Crippen molar-refractivity contribution < 1.29 is 35.2 Å². The number of nitrogens with one attached hydrogen (secondary N) is 2. The van der Waals surface area contributed by atoms with Crippen LogP contribution in [0.4, 0.5) is 33.3 Å². The fourth-order valence-corrected chi connectivity index (χ4v) is 4.33. The second-order valence-electron chi connectivity index (χ2n) is 7.10. The Morgan fingerprint density at radius 3 is 2.12 bits per heavy atom. The molecule has 1 amide bonds. The van der Waals surface area contributed by atoms with Crippen LogP contribution in [0.25, 0.3) is 11.6 Å². The van der Waals surface area contributed by atoms with E-state index in [4.69, 9.17) is 0 Å². The van der Waals surface area contributed by atoms with Crippen LogP contribution in [0.5, 0.6) is 0 Å². The van der Waals surface area contributed by atoms with Gasteiger partial charge in [-0.1, -0.05) is 0 Å². The summed E-state index contributed by atoms with van der Waals surface area (Å²) >= 11 is 0. The van der Waals surface area contributed by atoms with Gasteiger partial charge in [0.05, 0.1) is 10.5 Å². The lowest BCUT2D eigenvalue weighted by Gasteiger charge is -2.11. The minimum absolute atomic E-state index is 0.0124. The van der Waals surface area contributed by atoms with Crippen molar-refractivity contribution in [2.75, 3.05) is 10.0 Å². The Hall–Kier alpha value is -3.73. The number of rotatable bonds is 4. The van der Waals surface area contributed by atoms with E-state index in [1.807, 2.05) is 0 Å². The summed E-state index contributed by atoms with van der Waals surface area (Å²) in [4.78, 5) is 12.1. The standard InChI is InChI=1S/C22H13F5N2O3S/c23-14-7-12(8-15(24)10-14)9-19-18-11-17(5-6-20(18)28-21(19)30)33(31,32)29-16-3-1-13(2-4-16)22(25,26)27/h1-11,29H,(H,28,30). The number of hydrogen-bond acceptors (Lipinski definition) is 3. The van der Waals surface area contributed by atoms with Crippen molar-refractivity contribution in [1.82, 2.24) is 0 Å². The Labute approximate surface area is 184 Å². The van der Waals surface area contributed by atoms with Crippen LogP contribution in [0, 0.1) is 11.6 Å². The highest BCUT2D eigenvalue weighted by Gasteiger charge is 2.30. The summed E-state index contributed by atoms with van der Waals surface area (Å²) in [6.07, 6.45) is -3.35. The Morgan fingerprint density at radius 2 is 1.52 bits per heavy atom. The minimum Gasteiger partial charge on any atom is -0.321 e. The monoisotopic (exact) mass is 480 g/mol. The van der Waals surface area contributed by atoms with Crippen molar-refractivity contribution in [3.63, 3.8) is 0 Å². The highest BCUT2D eigenvalue weighted by atomic mass is 32.2. The lowest BCUT2D eigenvalue weighted by Crippen LogP contribution is -2.13. The Kier molecular flexibility index (Phi) is 5.44. The van der Waals surface area contributed by atoms with Crippen molar-refractivity contribution in [3.05, 3.63) is 89.0 Å². The van der Waals surface area contributed by atoms with Crippen molar-refractivity contribution in [2.24, 2.45) is 0 Å². The van der Waals surface area contributed by atoms with Crippen LogP contribution < -0.4 is 10.0 Å². The number of alkyl halides is 3. The largest absolute Gasteiger partial charge is 0.416 e. The molecule has 3 aromatic carbocycles. The third-order valence-corrected chi connectivity index (χ3v) is 6.12. The summed E-state index contributed by atoms with van der Waals surface area (Å²) in [6, 6.07) is 9.83. The van der Waals surface area contributed by atoms with Gasteiger partial charge in [-0.3, -0.25) is 9.52 Å². The smallest absolute Gasteiger partial charge is 0.321 e. The van der Waals surface area contributed by atoms with Gasteiger partial charge in [-0.05, 0) is 66.2 Å². The molecule has 0 atom stereocenters. The van der Waals surface area contributed by atoms with E-state index < -0.39 is 39.3 Å². The zero-order chi connectivity index (χ0) is 24.0. The topological polar surface area (TPSA) is 75.3 Å². The molecule has 0 fully saturated rings. The maximum atomic E-state index is 13.5. The van der Waals surface area contributed by atoms with Crippen molar-refractivity contribution in [1.29, 1.82) is 0 Å². The third kappa shape index (κ3) is 4.72. The predicted molar refractivity (Wildman–Crippen MR) is 112 cm³/mol. The molecule has 1 aliphatic heterocycles. The lowest BCUT2D eigenvalue weighted by atomic mass is 10.0. The summed E-state index contributed by atoms with van der Waals surface area (Å²) in [6.45, 7) is 0. The molecule has 3 aromatic rings. The van der Waals surface area contributed by atoms with Gasteiger partial charge in [-0.15, -0.1) is 0 Å². The molecule has 0 radical (unpaired) electrons. The molecule has 0 saturated heterocycles. The molecule has 11 heteroatoms. The first-order valence-corrected chi connectivity index (χ1v) is 10.7. The van der Waals surface area contributed by atoms with Crippen LogP contribution in [-0.4, -0.2) is 14.3 Å². The summed E-state index contributed by atoms with van der Waals surface area (Å²) < 4.78 is 92.8. The van der Waals surface area contributed by atoms with Gasteiger partial charge < -0.3 is 5.32 Å². The first kappa shape index (κ1) is 22.5. The van der Waals surface area contributed by atoms with E-state index >= 15 is 0 Å². The Morgan fingerprint density at radius 1 is 0.879 bits per heavy atom. The molecule has 0 saturated carbocycles. The molecule has 4 rings (SSSR count). The van der Waals surface area contributed by atoms with Gasteiger partial charge in [0.15, 0.2) is 0 Å². The number of fused-ring (bicyclic) bond motifs is 1. The molecule has 1 heterocycles. The normalized spacial score (nSPS) is 14.8. The van der Waals surface area contributed by atoms with Gasteiger partial charge in [0, 0.05) is 28.6 Å². The first-order chi connectivity index (χ1) is 15.4. The van der Waals surface area contributed by atoms with Gasteiger partial charge in [0.1, 0.15) is 11.6 Å². The molecular formula is C22H13F5N2O3S. The average Bonchev–Trinajstić information content (AvgIpc) is 3.01. The molecule has 0 aliphatic carbocycles. The molecule has 2 N–H and O–H groups in total.